The fraction of sp³-hybridized carbons (Fsp3) is 0.154. The zero-order valence-corrected chi connectivity index (χ0v) is 19.1. The van der Waals surface area contributed by atoms with Crippen molar-refractivity contribution in [2.24, 2.45) is 0 Å². The van der Waals surface area contributed by atoms with Crippen LogP contribution in [0.1, 0.15) is 33.0 Å². The van der Waals surface area contributed by atoms with E-state index in [1.54, 1.807) is 18.2 Å². The number of carbonyl (C=O) groups is 2. The van der Waals surface area contributed by atoms with Gasteiger partial charge in [0.2, 0.25) is 0 Å². The number of amides is 1. The Kier molecular flexibility index (Phi) is 6.71. The van der Waals surface area contributed by atoms with Gasteiger partial charge in [0.1, 0.15) is 6.61 Å². The molecule has 0 bridgehead atoms. The first-order chi connectivity index (χ1) is 15.6. The van der Waals surface area contributed by atoms with E-state index in [1.165, 1.54) is 29.4 Å². The van der Waals surface area contributed by atoms with Crippen LogP contribution in [0.5, 0.6) is 0 Å². The third-order valence-corrected chi connectivity index (χ3v) is 6.11. The van der Waals surface area contributed by atoms with Crippen LogP contribution in [-0.4, -0.2) is 32.3 Å². The SMILES string of the molecule is COC(=O)c1ccc(C=CCNC(=O)OCC2c3ccccc3-c3ccccc32)c(Br)c1. The maximum Gasteiger partial charge on any atom is 0.407 e. The van der Waals surface area contributed by atoms with E-state index in [2.05, 4.69) is 45.5 Å². The van der Waals surface area contributed by atoms with Gasteiger partial charge in [-0.3, -0.25) is 0 Å². The molecule has 0 fully saturated rings. The predicted octanol–water partition coefficient (Wildman–Crippen LogP) is 5.79. The number of benzene rings is 3. The van der Waals surface area contributed by atoms with Crippen LogP contribution in [0.15, 0.2) is 77.3 Å². The molecule has 162 valence electrons. The van der Waals surface area contributed by atoms with E-state index in [-0.39, 0.29) is 12.5 Å². The average molecular weight is 492 g/mol. The highest BCUT2D eigenvalue weighted by Crippen LogP contribution is 2.44. The maximum absolute atomic E-state index is 12.2. The van der Waals surface area contributed by atoms with Gasteiger partial charge >= 0.3 is 12.1 Å². The molecule has 1 N–H and O–H groups in total. The second-order valence-corrected chi connectivity index (χ2v) is 8.19. The van der Waals surface area contributed by atoms with Gasteiger partial charge in [0, 0.05) is 16.9 Å². The van der Waals surface area contributed by atoms with Crippen LogP contribution in [0.3, 0.4) is 0 Å². The third kappa shape index (κ3) is 4.60. The largest absolute Gasteiger partial charge is 0.465 e. The number of hydrogen-bond donors (Lipinski definition) is 1. The highest BCUT2D eigenvalue weighted by atomic mass is 79.9. The van der Waals surface area contributed by atoms with Gasteiger partial charge in [-0.25, -0.2) is 9.59 Å². The number of ether oxygens (including phenoxy) is 2. The molecular weight excluding hydrogens is 470 g/mol. The summed E-state index contributed by atoms with van der Waals surface area (Å²) in [5.41, 5.74) is 6.11. The molecule has 3 aromatic carbocycles. The van der Waals surface area contributed by atoms with Gasteiger partial charge in [-0.1, -0.05) is 82.7 Å². The zero-order chi connectivity index (χ0) is 22.5. The molecule has 1 aliphatic carbocycles. The number of nitrogens with one attached hydrogen (secondary N) is 1. The molecule has 0 aliphatic heterocycles. The lowest BCUT2D eigenvalue weighted by Gasteiger charge is -2.14. The number of rotatable bonds is 6. The van der Waals surface area contributed by atoms with Crippen molar-refractivity contribution in [2.45, 2.75) is 5.92 Å². The van der Waals surface area contributed by atoms with Gasteiger partial charge in [0.05, 0.1) is 12.7 Å². The molecule has 5 nitrogen and oxygen atoms in total. The molecule has 0 spiro atoms. The van der Waals surface area contributed by atoms with Gasteiger partial charge in [-0.05, 0) is 39.9 Å². The van der Waals surface area contributed by atoms with Crippen LogP contribution in [-0.2, 0) is 9.47 Å². The Morgan fingerprint density at radius 1 is 1.00 bits per heavy atom. The number of carbonyl (C=O) groups excluding carboxylic acids is 2. The second-order valence-electron chi connectivity index (χ2n) is 7.34. The molecule has 6 heteroatoms. The molecule has 1 amide bonds. The Labute approximate surface area is 195 Å². The van der Waals surface area contributed by atoms with Gasteiger partial charge in [-0.2, -0.15) is 0 Å². The number of esters is 1. The van der Waals surface area contributed by atoms with Crippen molar-refractivity contribution in [3.05, 3.63) is 99.5 Å². The minimum absolute atomic E-state index is 0.0352. The molecule has 0 radical (unpaired) electrons. The lowest BCUT2D eigenvalue weighted by Crippen LogP contribution is -2.26. The maximum atomic E-state index is 12.2. The van der Waals surface area contributed by atoms with Gasteiger partial charge in [-0.15, -0.1) is 0 Å². The summed E-state index contributed by atoms with van der Waals surface area (Å²) in [6.45, 7) is 0.603. The van der Waals surface area contributed by atoms with E-state index in [0.717, 1.165) is 10.0 Å². The molecule has 0 heterocycles. The Balaban J connectivity index is 1.31. The first-order valence-corrected chi connectivity index (χ1v) is 11.0. The molecule has 0 saturated heterocycles. The highest BCUT2D eigenvalue weighted by molar-refractivity contribution is 9.10. The Morgan fingerprint density at radius 2 is 1.66 bits per heavy atom. The molecule has 1 aliphatic rings. The minimum atomic E-state index is -0.461. The van der Waals surface area contributed by atoms with E-state index < -0.39 is 12.1 Å². The fourth-order valence-electron chi connectivity index (χ4n) is 3.88. The number of fused-ring (bicyclic) bond motifs is 3. The summed E-state index contributed by atoms with van der Waals surface area (Å²) in [5.74, 6) is -0.355. The van der Waals surface area contributed by atoms with Crippen LogP contribution in [0.2, 0.25) is 0 Å². The Morgan fingerprint density at radius 3 is 2.28 bits per heavy atom. The van der Waals surface area contributed by atoms with Crippen molar-refractivity contribution in [2.75, 3.05) is 20.3 Å². The number of hydrogen-bond acceptors (Lipinski definition) is 4. The van der Waals surface area contributed by atoms with Gasteiger partial charge in [0.25, 0.3) is 0 Å². The summed E-state index contributed by atoms with van der Waals surface area (Å²) < 4.78 is 11.0. The third-order valence-electron chi connectivity index (χ3n) is 5.43. The lowest BCUT2D eigenvalue weighted by atomic mass is 9.98. The van der Waals surface area contributed by atoms with Crippen LogP contribution in [0, 0.1) is 0 Å². The van der Waals surface area contributed by atoms with Crippen LogP contribution in [0.25, 0.3) is 17.2 Å². The molecule has 32 heavy (non-hydrogen) atoms. The van der Waals surface area contributed by atoms with E-state index in [4.69, 9.17) is 9.47 Å². The molecule has 3 aromatic rings. The van der Waals surface area contributed by atoms with Crippen molar-refractivity contribution < 1.29 is 19.1 Å². The van der Waals surface area contributed by atoms with Crippen LogP contribution in [0.4, 0.5) is 4.79 Å². The highest BCUT2D eigenvalue weighted by Gasteiger charge is 2.28. The van der Waals surface area contributed by atoms with Crippen molar-refractivity contribution in [1.29, 1.82) is 0 Å². The normalized spacial score (nSPS) is 12.3. The summed E-state index contributed by atoms with van der Waals surface area (Å²) in [7, 11) is 1.35. The monoisotopic (exact) mass is 491 g/mol. The quantitative estimate of drug-likeness (QED) is 0.443. The van der Waals surface area contributed by atoms with E-state index in [9.17, 15) is 9.59 Å². The zero-order valence-electron chi connectivity index (χ0n) is 17.5. The molecule has 4 rings (SSSR count). The van der Waals surface area contributed by atoms with Gasteiger partial charge < -0.3 is 14.8 Å². The van der Waals surface area contributed by atoms with Gasteiger partial charge in [0.15, 0.2) is 0 Å². The molecule has 0 unspecified atom stereocenters. The van der Waals surface area contributed by atoms with E-state index in [1.807, 2.05) is 36.4 Å². The predicted molar refractivity (Wildman–Crippen MR) is 128 cm³/mol. The van der Waals surface area contributed by atoms with E-state index >= 15 is 0 Å². The summed E-state index contributed by atoms with van der Waals surface area (Å²) >= 11 is 3.44. The standard InChI is InChI=1S/C26H22BrNO4/c1-31-25(29)18-13-12-17(24(27)15-18)7-6-14-28-26(30)32-16-23-21-10-4-2-8-19(21)20-9-3-5-11-22(20)23/h2-13,15,23H,14,16H2,1H3,(H,28,30). The van der Waals surface area contributed by atoms with E-state index in [0.29, 0.717) is 12.1 Å². The number of methoxy groups -OCH3 is 1. The molecule has 0 saturated carbocycles. The first-order valence-electron chi connectivity index (χ1n) is 10.2. The van der Waals surface area contributed by atoms with Crippen molar-refractivity contribution in [3.8, 4) is 11.1 Å². The molecule has 0 aromatic heterocycles. The summed E-state index contributed by atoms with van der Waals surface area (Å²) in [6.07, 6.45) is 3.21. The smallest absolute Gasteiger partial charge is 0.407 e. The van der Waals surface area contributed by atoms with Crippen molar-refractivity contribution >= 4 is 34.1 Å². The topological polar surface area (TPSA) is 64.6 Å². The summed E-state index contributed by atoms with van der Waals surface area (Å²) in [5, 5.41) is 2.75. The Bertz CT molecular complexity index is 1140. The number of halogens is 1. The van der Waals surface area contributed by atoms with Crippen LogP contribution >= 0.6 is 15.9 Å². The van der Waals surface area contributed by atoms with Crippen molar-refractivity contribution in [3.63, 3.8) is 0 Å². The average Bonchev–Trinajstić information content (AvgIpc) is 3.14. The summed E-state index contributed by atoms with van der Waals surface area (Å²) in [4.78, 5) is 23.8. The minimum Gasteiger partial charge on any atom is -0.465 e. The molecule has 0 atom stereocenters. The fourth-order valence-corrected chi connectivity index (χ4v) is 4.40. The lowest BCUT2D eigenvalue weighted by molar-refractivity contribution is 0.0600. The van der Waals surface area contributed by atoms with Crippen molar-refractivity contribution in [1.82, 2.24) is 5.32 Å². The molecular formula is C26H22BrNO4. The first kappa shape index (κ1) is 21.8. The second kappa shape index (κ2) is 9.83. The van der Waals surface area contributed by atoms with Crippen LogP contribution < -0.4 is 5.32 Å². The summed E-state index contributed by atoms with van der Waals surface area (Å²) in [6, 6.07) is 21.7. The Hall–Kier alpha value is -3.38. The number of alkyl carbamates (subject to hydrolysis) is 1.